The van der Waals surface area contributed by atoms with E-state index in [-0.39, 0.29) is 5.91 Å². The van der Waals surface area contributed by atoms with Crippen LogP contribution in [-0.2, 0) is 5.72 Å². The zero-order chi connectivity index (χ0) is 14.0. The number of benzene rings is 2. The predicted octanol–water partition coefficient (Wildman–Crippen LogP) is 2.01. The number of hydrogen-bond donors (Lipinski definition) is 2. The molecule has 4 nitrogen and oxygen atoms in total. The first kappa shape index (κ1) is 12.4. The topological polar surface area (TPSA) is 52.6 Å². The van der Waals surface area contributed by atoms with Gasteiger partial charge in [-0.05, 0) is 18.2 Å². The summed E-state index contributed by atoms with van der Waals surface area (Å²) in [5.74, 6) is -0.290. The van der Waals surface area contributed by atoms with Crippen LogP contribution in [0.15, 0.2) is 72.9 Å². The van der Waals surface area contributed by atoms with Crippen molar-refractivity contribution in [3.05, 3.63) is 84.1 Å². The highest BCUT2D eigenvalue weighted by Crippen LogP contribution is 2.30. The minimum Gasteiger partial charge on any atom is -0.362 e. The number of nitrogens with zero attached hydrogens (tertiary/aromatic N) is 1. The van der Waals surface area contributed by atoms with Crippen molar-refractivity contribution in [2.45, 2.75) is 5.72 Å². The van der Waals surface area contributed by atoms with E-state index in [4.69, 9.17) is 0 Å². The van der Waals surface area contributed by atoms with Gasteiger partial charge in [-0.25, -0.2) is 5.01 Å². The first-order chi connectivity index (χ1) is 9.72. The van der Waals surface area contributed by atoms with Crippen molar-refractivity contribution in [1.29, 1.82) is 0 Å². The zero-order valence-electron chi connectivity index (χ0n) is 10.7. The Labute approximate surface area is 116 Å². The fourth-order valence-corrected chi connectivity index (χ4v) is 2.23. The van der Waals surface area contributed by atoms with Gasteiger partial charge in [-0.15, -0.1) is 0 Å². The van der Waals surface area contributed by atoms with Crippen LogP contribution < -0.4 is 5.43 Å². The van der Waals surface area contributed by atoms with Gasteiger partial charge in [0.1, 0.15) is 0 Å². The molecule has 4 heteroatoms. The lowest BCUT2D eigenvalue weighted by Gasteiger charge is -2.32. The molecule has 3 rings (SSSR count). The normalized spacial score (nSPS) is 20.8. The van der Waals surface area contributed by atoms with Crippen LogP contribution in [0.1, 0.15) is 15.9 Å². The summed E-state index contributed by atoms with van der Waals surface area (Å²) in [6.07, 6.45) is 3.12. The summed E-state index contributed by atoms with van der Waals surface area (Å²) in [6, 6.07) is 17.9. The van der Waals surface area contributed by atoms with E-state index < -0.39 is 5.72 Å². The molecular weight excluding hydrogens is 252 g/mol. The van der Waals surface area contributed by atoms with E-state index in [2.05, 4.69) is 5.43 Å². The van der Waals surface area contributed by atoms with Gasteiger partial charge in [0, 0.05) is 17.3 Å². The molecule has 1 heterocycles. The van der Waals surface area contributed by atoms with Crippen molar-refractivity contribution in [3.63, 3.8) is 0 Å². The summed E-state index contributed by atoms with van der Waals surface area (Å²) < 4.78 is 0. The maximum atomic E-state index is 12.5. The molecule has 0 fully saturated rings. The summed E-state index contributed by atoms with van der Waals surface area (Å²) in [6.45, 7) is 0. The Kier molecular flexibility index (Phi) is 3.00. The molecule has 0 spiro atoms. The van der Waals surface area contributed by atoms with Gasteiger partial charge in [0.25, 0.3) is 5.91 Å². The first-order valence-electron chi connectivity index (χ1n) is 6.33. The highest BCUT2D eigenvalue weighted by molar-refractivity contribution is 5.94. The first-order valence-corrected chi connectivity index (χ1v) is 6.33. The fraction of sp³-hybridized carbons (Fsp3) is 0.0625. The lowest BCUT2D eigenvalue weighted by Crippen LogP contribution is -2.50. The lowest BCUT2D eigenvalue weighted by molar-refractivity contribution is -0.0597. The lowest BCUT2D eigenvalue weighted by atomic mass is 10.0. The Morgan fingerprint density at radius 1 is 1.00 bits per heavy atom. The number of aliphatic hydroxyl groups is 1. The quantitative estimate of drug-likeness (QED) is 0.874. The number of carbonyl (C=O) groups excluding carboxylic acids is 1. The van der Waals surface area contributed by atoms with Gasteiger partial charge < -0.3 is 5.11 Å². The maximum Gasteiger partial charge on any atom is 0.275 e. The largest absolute Gasteiger partial charge is 0.362 e. The molecule has 0 aliphatic carbocycles. The third-order valence-corrected chi connectivity index (χ3v) is 3.28. The molecule has 2 aromatic rings. The second kappa shape index (κ2) is 4.83. The molecule has 1 atom stereocenters. The molecule has 2 N–H and O–H groups in total. The smallest absolute Gasteiger partial charge is 0.275 e. The van der Waals surface area contributed by atoms with Crippen molar-refractivity contribution in [1.82, 2.24) is 10.4 Å². The number of hydrazine groups is 1. The Morgan fingerprint density at radius 2 is 1.60 bits per heavy atom. The number of hydrogen-bond acceptors (Lipinski definition) is 3. The predicted molar refractivity (Wildman–Crippen MR) is 75.2 cm³/mol. The highest BCUT2D eigenvalue weighted by atomic mass is 16.3. The second-order valence-electron chi connectivity index (χ2n) is 4.56. The minimum atomic E-state index is -1.48. The molecule has 0 radical (unpaired) electrons. The molecular formula is C16H14N2O2. The van der Waals surface area contributed by atoms with Crippen molar-refractivity contribution in [3.8, 4) is 0 Å². The van der Waals surface area contributed by atoms with Crippen molar-refractivity contribution in [2.24, 2.45) is 0 Å². The number of amides is 1. The molecule has 0 aromatic heterocycles. The van der Waals surface area contributed by atoms with Gasteiger partial charge in [-0.1, -0.05) is 48.5 Å². The van der Waals surface area contributed by atoms with E-state index in [0.29, 0.717) is 11.1 Å². The molecule has 1 aliphatic heterocycles. The Bertz CT molecular complexity index is 640. The maximum absolute atomic E-state index is 12.5. The van der Waals surface area contributed by atoms with Gasteiger partial charge in [-0.2, -0.15) is 0 Å². The standard InChI is InChI=1S/C16H14N2O2/c19-15(13-7-3-1-4-8-13)18-16(20,11-12-17-18)14-9-5-2-6-10-14/h1-12,17,20H. The van der Waals surface area contributed by atoms with Crippen LogP contribution in [0.3, 0.4) is 0 Å². The number of rotatable bonds is 2. The van der Waals surface area contributed by atoms with E-state index in [0.717, 1.165) is 0 Å². The third kappa shape index (κ3) is 1.96. The van der Waals surface area contributed by atoms with E-state index in [1.165, 1.54) is 5.01 Å². The van der Waals surface area contributed by atoms with E-state index >= 15 is 0 Å². The van der Waals surface area contributed by atoms with Gasteiger partial charge in [0.15, 0.2) is 0 Å². The fourth-order valence-electron chi connectivity index (χ4n) is 2.23. The van der Waals surface area contributed by atoms with Crippen LogP contribution in [0.4, 0.5) is 0 Å². The summed E-state index contributed by atoms with van der Waals surface area (Å²) in [5.41, 5.74) is 2.46. The van der Waals surface area contributed by atoms with Gasteiger partial charge in [0.2, 0.25) is 5.72 Å². The zero-order valence-corrected chi connectivity index (χ0v) is 10.7. The minimum absolute atomic E-state index is 0.290. The Balaban J connectivity index is 1.97. The van der Waals surface area contributed by atoms with E-state index in [1.54, 1.807) is 48.7 Å². The summed E-state index contributed by atoms with van der Waals surface area (Å²) in [5, 5.41) is 12.0. The van der Waals surface area contributed by atoms with Crippen LogP contribution in [0, 0.1) is 0 Å². The van der Waals surface area contributed by atoms with Gasteiger partial charge >= 0.3 is 0 Å². The molecule has 0 saturated heterocycles. The average Bonchev–Trinajstić information content (AvgIpc) is 2.91. The van der Waals surface area contributed by atoms with Crippen molar-refractivity contribution >= 4 is 5.91 Å². The van der Waals surface area contributed by atoms with Crippen molar-refractivity contribution in [2.75, 3.05) is 0 Å². The summed E-state index contributed by atoms with van der Waals surface area (Å²) in [4.78, 5) is 12.5. The van der Waals surface area contributed by atoms with Crippen molar-refractivity contribution < 1.29 is 9.90 Å². The molecule has 1 aliphatic rings. The van der Waals surface area contributed by atoms with Crippen LogP contribution in [0.2, 0.25) is 0 Å². The molecule has 100 valence electrons. The highest BCUT2D eigenvalue weighted by Gasteiger charge is 2.40. The molecule has 2 aromatic carbocycles. The SMILES string of the molecule is O=C(c1ccccc1)N1NC=CC1(O)c1ccccc1. The Hall–Kier alpha value is -2.59. The van der Waals surface area contributed by atoms with Gasteiger partial charge in [0.05, 0.1) is 0 Å². The molecule has 1 amide bonds. The van der Waals surface area contributed by atoms with E-state index in [1.807, 2.05) is 24.3 Å². The molecule has 0 bridgehead atoms. The summed E-state index contributed by atoms with van der Waals surface area (Å²) >= 11 is 0. The number of nitrogens with one attached hydrogen (secondary N) is 1. The monoisotopic (exact) mass is 266 g/mol. The van der Waals surface area contributed by atoms with Gasteiger partial charge in [-0.3, -0.25) is 10.2 Å². The van der Waals surface area contributed by atoms with Crippen LogP contribution in [-0.4, -0.2) is 16.0 Å². The number of carbonyl (C=O) groups is 1. The Morgan fingerprint density at radius 3 is 2.25 bits per heavy atom. The molecule has 0 saturated carbocycles. The molecule has 1 unspecified atom stereocenters. The summed E-state index contributed by atoms with van der Waals surface area (Å²) in [7, 11) is 0. The van der Waals surface area contributed by atoms with Crippen LogP contribution >= 0.6 is 0 Å². The van der Waals surface area contributed by atoms with Crippen LogP contribution in [0.5, 0.6) is 0 Å². The third-order valence-electron chi connectivity index (χ3n) is 3.28. The second-order valence-corrected chi connectivity index (χ2v) is 4.56. The van der Waals surface area contributed by atoms with Crippen LogP contribution in [0.25, 0.3) is 0 Å². The average molecular weight is 266 g/mol. The van der Waals surface area contributed by atoms with E-state index in [9.17, 15) is 9.90 Å². The molecule has 20 heavy (non-hydrogen) atoms.